The van der Waals surface area contributed by atoms with Gasteiger partial charge in [-0.05, 0) is 31.0 Å². The molecule has 0 heterocycles. The molecule has 0 bridgehead atoms. The van der Waals surface area contributed by atoms with Gasteiger partial charge in [0.05, 0.1) is 23.3 Å². The Labute approximate surface area is 125 Å². The van der Waals surface area contributed by atoms with Gasteiger partial charge in [0.1, 0.15) is 0 Å². The Bertz CT molecular complexity index is 421. The fourth-order valence-corrected chi connectivity index (χ4v) is 2.09. The molecule has 0 aliphatic rings. The second kappa shape index (κ2) is 8.60. The third-order valence-electron chi connectivity index (χ3n) is 2.74. The summed E-state index contributed by atoms with van der Waals surface area (Å²) >= 11 is 12.0. The van der Waals surface area contributed by atoms with Crippen LogP contribution in [0.3, 0.4) is 0 Å². The summed E-state index contributed by atoms with van der Waals surface area (Å²) in [5.41, 5.74) is 2.19. The molecule has 0 radical (unpaired) electrons. The highest BCUT2D eigenvalue weighted by atomic mass is 35.5. The number of nitrogens with one attached hydrogen (secondary N) is 1. The van der Waals surface area contributed by atoms with Crippen molar-refractivity contribution in [1.82, 2.24) is 5.32 Å². The fraction of sp³-hybridized carbons (Fsp3) is 0.467. The molecule has 0 fully saturated rings. The van der Waals surface area contributed by atoms with E-state index >= 15 is 0 Å². The van der Waals surface area contributed by atoms with E-state index in [0.717, 1.165) is 24.1 Å². The Morgan fingerprint density at radius 3 is 2.68 bits per heavy atom. The number of rotatable bonds is 8. The highest BCUT2D eigenvalue weighted by Gasteiger charge is 2.10. The highest BCUT2D eigenvalue weighted by Crippen LogP contribution is 2.26. The summed E-state index contributed by atoms with van der Waals surface area (Å²) < 4.78 is 5.46. The van der Waals surface area contributed by atoms with Crippen LogP contribution in [0.15, 0.2) is 30.4 Å². The van der Waals surface area contributed by atoms with Crippen molar-refractivity contribution in [2.24, 2.45) is 0 Å². The number of hydrogen-bond acceptors (Lipinski definition) is 2. The summed E-state index contributed by atoms with van der Waals surface area (Å²) in [4.78, 5) is 0. The molecule has 1 rings (SSSR count). The van der Waals surface area contributed by atoms with E-state index in [1.54, 1.807) is 0 Å². The minimum atomic E-state index is 0.267. The standard InChI is InChI=1S/C15H21Cl2NO/c1-4-15(18-7-8-19-10-11(2)3)12-5-6-13(16)14(17)9-12/h5-6,9,15,18H,2,4,7-8,10H2,1,3H3. The summed E-state index contributed by atoms with van der Waals surface area (Å²) in [5, 5.41) is 4.63. The van der Waals surface area contributed by atoms with Crippen molar-refractivity contribution in [2.45, 2.75) is 26.3 Å². The molecule has 0 amide bonds. The first-order chi connectivity index (χ1) is 9.04. The molecule has 0 saturated heterocycles. The molecule has 1 atom stereocenters. The van der Waals surface area contributed by atoms with E-state index in [2.05, 4.69) is 18.8 Å². The Morgan fingerprint density at radius 1 is 1.37 bits per heavy atom. The quantitative estimate of drug-likeness (QED) is 0.558. The molecule has 1 N–H and O–H groups in total. The van der Waals surface area contributed by atoms with Crippen LogP contribution in [0.4, 0.5) is 0 Å². The molecular weight excluding hydrogens is 281 g/mol. The van der Waals surface area contributed by atoms with Crippen molar-refractivity contribution in [3.8, 4) is 0 Å². The Morgan fingerprint density at radius 2 is 2.11 bits per heavy atom. The Kier molecular flexibility index (Phi) is 7.47. The van der Waals surface area contributed by atoms with Gasteiger partial charge in [0.25, 0.3) is 0 Å². The van der Waals surface area contributed by atoms with Crippen LogP contribution in [0.5, 0.6) is 0 Å². The Hall–Kier alpha value is -0.540. The molecule has 4 heteroatoms. The normalized spacial score (nSPS) is 12.4. The lowest BCUT2D eigenvalue weighted by Gasteiger charge is -2.18. The van der Waals surface area contributed by atoms with E-state index < -0.39 is 0 Å². The van der Waals surface area contributed by atoms with Gasteiger partial charge >= 0.3 is 0 Å². The van der Waals surface area contributed by atoms with Crippen LogP contribution < -0.4 is 5.32 Å². The smallest absolute Gasteiger partial charge is 0.0672 e. The monoisotopic (exact) mass is 301 g/mol. The van der Waals surface area contributed by atoms with Crippen molar-refractivity contribution < 1.29 is 4.74 Å². The lowest BCUT2D eigenvalue weighted by molar-refractivity contribution is 0.155. The molecule has 1 aromatic rings. The summed E-state index contributed by atoms with van der Waals surface area (Å²) in [7, 11) is 0. The van der Waals surface area contributed by atoms with Crippen LogP contribution in [0, 0.1) is 0 Å². The highest BCUT2D eigenvalue weighted by molar-refractivity contribution is 6.42. The van der Waals surface area contributed by atoms with Crippen LogP contribution in [0.2, 0.25) is 10.0 Å². The molecule has 0 aromatic heterocycles. The first-order valence-electron chi connectivity index (χ1n) is 6.45. The van der Waals surface area contributed by atoms with Crippen molar-refractivity contribution in [1.29, 1.82) is 0 Å². The number of ether oxygens (including phenoxy) is 1. The van der Waals surface area contributed by atoms with Gasteiger partial charge in [0.15, 0.2) is 0 Å². The van der Waals surface area contributed by atoms with Gasteiger partial charge in [-0.2, -0.15) is 0 Å². The van der Waals surface area contributed by atoms with Crippen LogP contribution >= 0.6 is 23.2 Å². The van der Waals surface area contributed by atoms with Gasteiger partial charge < -0.3 is 10.1 Å². The molecule has 1 unspecified atom stereocenters. The van der Waals surface area contributed by atoms with E-state index in [4.69, 9.17) is 27.9 Å². The number of hydrogen-bond donors (Lipinski definition) is 1. The molecule has 19 heavy (non-hydrogen) atoms. The summed E-state index contributed by atoms with van der Waals surface area (Å²) in [5.74, 6) is 0. The van der Waals surface area contributed by atoms with E-state index in [1.807, 2.05) is 25.1 Å². The van der Waals surface area contributed by atoms with E-state index in [0.29, 0.717) is 23.3 Å². The Balaban J connectivity index is 2.44. The minimum absolute atomic E-state index is 0.267. The van der Waals surface area contributed by atoms with Gasteiger partial charge in [-0.3, -0.25) is 0 Å². The van der Waals surface area contributed by atoms with Crippen LogP contribution in [0.25, 0.3) is 0 Å². The van der Waals surface area contributed by atoms with Crippen LogP contribution in [-0.4, -0.2) is 19.8 Å². The van der Waals surface area contributed by atoms with Crippen molar-refractivity contribution in [3.05, 3.63) is 46.0 Å². The SMILES string of the molecule is C=C(C)COCCNC(CC)c1ccc(Cl)c(Cl)c1. The second-order valence-electron chi connectivity index (χ2n) is 4.60. The van der Waals surface area contributed by atoms with E-state index in [-0.39, 0.29) is 6.04 Å². The molecule has 0 aliphatic carbocycles. The van der Waals surface area contributed by atoms with Gasteiger partial charge in [-0.1, -0.05) is 48.3 Å². The zero-order valence-corrected chi connectivity index (χ0v) is 13.0. The molecular formula is C15H21Cl2NO. The second-order valence-corrected chi connectivity index (χ2v) is 5.41. The number of benzene rings is 1. The molecule has 1 aromatic carbocycles. The van der Waals surface area contributed by atoms with Crippen molar-refractivity contribution >= 4 is 23.2 Å². The zero-order valence-electron chi connectivity index (χ0n) is 11.5. The molecule has 0 saturated carbocycles. The number of halogens is 2. The average molecular weight is 302 g/mol. The predicted molar refractivity (Wildman–Crippen MR) is 83.1 cm³/mol. The summed E-state index contributed by atoms with van der Waals surface area (Å²) in [6.45, 7) is 9.97. The van der Waals surface area contributed by atoms with Gasteiger partial charge in [-0.25, -0.2) is 0 Å². The van der Waals surface area contributed by atoms with Gasteiger partial charge in [-0.15, -0.1) is 0 Å². The maximum atomic E-state index is 6.04. The van der Waals surface area contributed by atoms with Gasteiger partial charge in [0.2, 0.25) is 0 Å². The average Bonchev–Trinajstić information content (AvgIpc) is 2.37. The molecule has 0 aliphatic heterocycles. The molecule has 2 nitrogen and oxygen atoms in total. The van der Waals surface area contributed by atoms with Gasteiger partial charge in [0, 0.05) is 12.6 Å². The first-order valence-corrected chi connectivity index (χ1v) is 7.20. The summed E-state index contributed by atoms with van der Waals surface area (Å²) in [6.07, 6.45) is 0.985. The third-order valence-corrected chi connectivity index (χ3v) is 3.48. The van der Waals surface area contributed by atoms with Crippen molar-refractivity contribution in [3.63, 3.8) is 0 Å². The topological polar surface area (TPSA) is 21.3 Å². The summed E-state index contributed by atoms with van der Waals surface area (Å²) in [6, 6.07) is 6.02. The molecule has 106 valence electrons. The lowest BCUT2D eigenvalue weighted by atomic mass is 10.0. The predicted octanol–water partition coefficient (Wildman–Crippen LogP) is 4.63. The van der Waals surface area contributed by atoms with Crippen LogP contribution in [-0.2, 0) is 4.74 Å². The fourth-order valence-electron chi connectivity index (χ4n) is 1.78. The maximum Gasteiger partial charge on any atom is 0.0672 e. The lowest BCUT2D eigenvalue weighted by Crippen LogP contribution is -2.25. The zero-order chi connectivity index (χ0) is 14.3. The molecule has 0 spiro atoms. The van der Waals surface area contributed by atoms with E-state index in [1.165, 1.54) is 0 Å². The van der Waals surface area contributed by atoms with Crippen LogP contribution in [0.1, 0.15) is 31.9 Å². The minimum Gasteiger partial charge on any atom is -0.376 e. The third kappa shape index (κ3) is 5.96. The van der Waals surface area contributed by atoms with E-state index in [9.17, 15) is 0 Å². The first kappa shape index (κ1) is 16.5. The largest absolute Gasteiger partial charge is 0.376 e. The maximum absolute atomic E-state index is 6.04. The van der Waals surface area contributed by atoms with Crippen molar-refractivity contribution in [2.75, 3.05) is 19.8 Å².